The number of fused-ring (bicyclic) bond motifs is 1. The Balaban J connectivity index is 1.74. The van der Waals surface area contributed by atoms with Crippen LogP contribution in [0.5, 0.6) is 5.88 Å². The van der Waals surface area contributed by atoms with Crippen molar-refractivity contribution in [3.8, 4) is 5.88 Å². The normalized spacial score (nSPS) is 18.4. The number of nitrogens with zero attached hydrogens (tertiary/aromatic N) is 3. The molecule has 1 fully saturated rings. The zero-order chi connectivity index (χ0) is 17.2. The van der Waals surface area contributed by atoms with E-state index in [0.717, 1.165) is 41.2 Å². The van der Waals surface area contributed by atoms with Crippen LogP contribution >= 0.6 is 15.9 Å². The van der Waals surface area contributed by atoms with E-state index in [2.05, 4.69) is 45.7 Å². The van der Waals surface area contributed by atoms with Crippen LogP contribution in [0.4, 0.5) is 0 Å². The molecule has 24 heavy (non-hydrogen) atoms. The zero-order valence-corrected chi connectivity index (χ0v) is 17.0. The molecule has 8 heteroatoms. The molecule has 1 aliphatic heterocycles. The van der Waals surface area contributed by atoms with Crippen molar-refractivity contribution in [1.82, 2.24) is 14.8 Å². The van der Waals surface area contributed by atoms with Gasteiger partial charge < -0.3 is 14.2 Å². The molecular formula is C16H24BrN3O3Si. The first-order valence-electron chi connectivity index (χ1n) is 8.26. The summed E-state index contributed by atoms with van der Waals surface area (Å²) in [6, 6.07) is 3.12. The molecule has 3 heterocycles. The number of hydrogen-bond donors (Lipinski definition) is 0. The van der Waals surface area contributed by atoms with Crippen molar-refractivity contribution < 1.29 is 14.2 Å². The predicted molar refractivity (Wildman–Crippen MR) is 99.2 cm³/mol. The number of hydrogen-bond acceptors (Lipinski definition) is 5. The molecule has 1 aliphatic rings. The van der Waals surface area contributed by atoms with Gasteiger partial charge in [-0.05, 0) is 28.0 Å². The van der Waals surface area contributed by atoms with Crippen molar-refractivity contribution in [3.05, 3.63) is 16.7 Å². The van der Waals surface area contributed by atoms with Crippen LogP contribution < -0.4 is 4.74 Å². The summed E-state index contributed by atoms with van der Waals surface area (Å²) in [6.07, 6.45) is 2.72. The van der Waals surface area contributed by atoms with Crippen molar-refractivity contribution in [2.75, 3.05) is 19.8 Å². The Morgan fingerprint density at radius 3 is 2.96 bits per heavy atom. The van der Waals surface area contributed by atoms with Gasteiger partial charge in [-0.2, -0.15) is 0 Å². The lowest BCUT2D eigenvalue weighted by atomic mass is 10.3. The third kappa shape index (κ3) is 4.56. The highest BCUT2D eigenvalue weighted by molar-refractivity contribution is 9.10. The lowest BCUT2D eigenvalue weighted by molar-refractivity contribution is 0.0786. The van der Waals surface area contributed by atoms with Gasteiger partial charge in [0.2, 0.25) is 5.88 Å². The molecule has 0 radical (unpaired) electrons. The van der Waals surface area contributed by atoms with Crippen LogP contribution in [0.3, 0.4) is 0 Å². The van der Waals surface area contributed by atoms with E-state index < -0.39 is 8.07 Å². The molecule has 1 atom stereocenters. The van der Waals surface area contributed by atoms with E-state index in [9.17, 15) is 0 Å². The van der Waals surface area contributed by atoms with Gasteiger partial charge in [0.25, 0.3) is 0 Å². The fraction of sp³-hybridized carbons (Fsp3) is 0.625. The van der Waals surface area contributed by atoms with E-state index in [1.807, 2.05) is 6.07 Å². The van der Waals surface area contributed by atoms with E-state index in [1.165, 1.54) is 0 Å². The fourth-order valence-electron chi connectivity index (χ4n) is 2.48. The molecule has 0 amide bonds. The second-order valence-corrected chi connectivity index (χ2v) is 13.8. The summed E-state index contributed by atoms with van der Waals surface area (Å²) in [5.74, 6) is 0.600. The molecule has 1 saturated heterocycles. The first-order valence-corrected chi connectivity index (χ1v) is 12.8. The minimum Gasteiger partial charge on any atom is -0.470 e. The quantitative estimate of drug-likeness (QED) is 0.511. The summed E-state index contributed by atoms with van der Waals surface area (Å²) in [4.78, 5) is 4.47. The molecule has 0 saturated carbocycles. The molecule has 0 bridgehead atoms. The smallest absolute Gasteiger partial charge is 0.243 e. The lowest BCUT2D eigenvalue weighted by Gasteiger charge is -2.15. The number of aromatic nitrogens is 3. The maximum Gasteiger partial charge on any atom is 0.243 e. The van der Waals surface area contributed by atoms with E-state index in [0.29, 0.717) is 19.2 Å². The standard InChI is InChI=1S/C16H24BrN3O3Si/c1-24(2,3)7-6-22-11-20-15-14(8-12(17)9-18-15)16(19-20)23-13-4-5-21-10-13/h8-9,13H,4-7,10-11H2,1-3H3. The van der Waals surface area contributed by atoms with Gasteiger partial charge in [-0.25, -0.2) is 9.67 Å². The highest BCUT2D eigenvalue weighted by atomic mass is 79.9. The van der Waals surface area contributed by atoms with Crippen LogP contribution in [0.15, 0.2) is 16.7 Å². The molecule has 0 aliphatic carbocycles. The Morgan fingerprint density at radius 1 is 1.42 bits per heavy atom. The van der Waals surface area contributed by atoms with Crippen molar-refractivity contribution in [2.45, 2.75) is 44.9 Å². The summed E-state index contributed by atoms with van der Waals surface area (Å²) in [5, 5.41) is 5.46. The number of ether oxygens (including phenoxy) is 3. The van der Waals surface area contributed by atoms with Crippen LogP contribution in [-0.2, 0) is 16.2 Å². The van der Waals surface area contributed by atoms with Crippen LogP contribution in [0, 0.1) is 0 Å². The maximum atomic E-state index is 6.02. The van der Waals surface area contributed by atoms with E-state index in [1.54, 1.807) is 10.9 Å². The van der Waals surface area contributed by atoms with Crippen LogP contribution in [-0.4, -0.2) is 48.8 Å². The first kappa shape index (κ1) is 17.8. The second kappa shape index (κ2) is 7.51. The zero-order valence-electron chi connectivity index (χ0n) is 14.4. The molecule has 0 N–H and O–H groups in total. The Hall–Kier alpha value is -0.963. The lowest BCUT2D eigenvalue weighted by Crippen LogP contribution is -2.22. The highest BCUT2D eigenvalue weighted by Gasteiger charge is 2.22. The van der Waals surface area contributed by atoms with Gasteiger partial charge >= 0.3 is 0 Å². The van der Waals surface area contributed by atoms with Crippen molar-refractivity contribution >= 4 is 35.0 Å². The monoisotopic (exact) mass is 413 g/mol. The summed E-state index contributed by atoms with van der Waals surface area (Å²) in [5.41, 5.74) is 0.778. The van der Waals surface area contributed by atoms with Gasteiger partial charge in [0, 0.05) is 31.8 Å². The van der Waals surface area contributed by atoms with E-state index >= 15 is 0 Å². The van der Waals surface area contributed by atoms with Gasteiger partial charge in [0.1, 0.15) is 12.8 Å². The number of halogens is 1. The maximum absolute atomic E-state index is 6.02. The molecule has 2 aromatic heterocycles. The SMILES string of the molecule is C[Si](C)(C)CCOCn1nc(OC2CCOC2)c2cc(Br)cnc21. The topological polar surface area (TPSA) is 58.4 Å². The minimum atomic E-state index is -1.09. The van der Waals surface area contributed by atoms with Crippen molar-refractivity contribution in [3.63, 3.8) is 0 Å². The molecule has 132 valence electrons. The van der Waals surface area contributed by atoms with Gasteiger partial charge in [0.15, 0.2) is 5.65 Å². The van der Waals surface area contributed by atoms with Crippen molar-refractivity contribution in [1.29, 1.82) is 0 Å². The molecule has 1 unspecified atom stereocenters. The summed E-state index contributed by atoms with van der Waals surface area (Å²) in [7, 11) is -1.09. The summed E-state index contributed by atoms with van der Waals surface area (Å²) < 4.78 is 19.9. The molecular weight excluding hydrogens is 390 g/mol. The average molecular weight is 414 g/mol. The number of pyridine rings is 1. The molecule has 6 nitrogen and oxygen atoms in total. The summed E-state index contributed by atoms with van der Waals surface area (Å²) in [6.45, 7) is 9.52. The van der Waals surface area contributed by atoms with Gasteiger partial charge in [-0.15, -0.1) is 5.10 Å². The highest BCUT2D eigenvalue weighted by Crippen LogP contribution is 2.28. The van der Waals surface area contributed by atoms with Gasteiger partial charge in [-0.1, -0.05) is 19.6 Å². The van der Waals surface area contributed by atoms with Gasteiger partial charge in [-0.3, -0.25) is 0 Å². The Morgan fingerprint density at radius 2 is 2.25 bits per heavy atom. The minimum absolute atomic E-state index is 0.0586. The third-order valence-corrected chi connectivity index (χ3v) is 6.03. The fourth-order valence-corrected chi connectivity index (χ4v) is 3.56. The predicted octanol–water partition coefficient (Wildman–Crippen LogP) is 3.67. The van der Waals surface area contributed by atoms with Crippen molar-refractivity contribution in [2.24, 2.45) is 0 Å². The molecule has 3 rings (SSSR count). The number of rotatable bonds is 7. The molecule has 0 aromatic carbocycles. The largest absolute Gasteiger partial charge is 0.470 e. The molecule has 2 aromatic rings. The van der Waals surface area contributed by atoms with E-state index in [4.69, 9.17) is 14.2 Å². The van der Waals surface area contributed by atoms with Gasteiger partial charge in [0.05, 0.1) is 18.6 Å². The second-order valence-electron chi connectivity index (χ2n) is 7.28. The van der Waals surface area contributed by atoms with Crippen LogP contribution in [0.2, 0.25) is 25.7 Å². The third-order valence-electron chi connectivity index (χ3n) is 3.90. The Kier molecular flexibility index (Phi) is 5.58. The van der Waals surface area contributed by atoms with E-state index in [-0.39, 0.29) is 6.10 Å². The van der Waals surface area contributed by atoms with Crippen LogP contribution in [0.1, 0.15) is 6.42 Å². The average Bonchev–Trinajstić information content (AvgIpc) is 3.12. The Bertz CT molecular complexity index is 696. The molecule has 0 spiro atoms. The first-order chi connectivity index (χ1) is 11.4. The Labute approximate surface area is 151 Å². The summed E-state index contributed by atoms with van der Waals surface area (Å²) >= 11 is 3.47. The van der Waals surface area contributed by atoms with Crippen LogP contribution in [0.25, 0.3) is 11.0 Å².